The number of carbonyl (C=O) groups is 1. The molecule has 3 rings (SSSR count). The van der Waals surface area contributed by atoms with E-state index in [9.17, 15) is 4.79 Å². The fourth-order valence-electron chi connectivity index (χ4n) is 2.75. The number of aromatic nitrogens is 2. The van der Waals surface area contributed by atoms with Crippen LogP contribution in [0, 0.1) is 20.8 Å². The summed E-state index contributed by atoms with van der Waals surface area (Å²) in [5.41, 5.74) is 5.53. The van der Waals surface area contributed by atoms with Gasteiger partial charge in [-0.15, -0.1) is 0 Å². The molecule has 0 fully saturated rings. The highest BCUT2D eigenvalue weighted by molar-refractivity contribution is 5.89. The summed E-state index contributed by atoms with van der Waals surface area (Å²) in [6.45, 7) is 8.21. The van der Waals surface area contributed by atoms with E-state index in [1.54, 1.807) is 19.1 Å². The standard InChI is InChI=1S/C22H24N4O2/c1-5-28-21(27)17-9-11-18(12-10-17)24-20-13-15(3)23-22(26-20)25-19-8-6-7-14(2)16(19)4/h6-13H,5H2,1-4H3,(H2,23,24,25,26). The van der Waals surface area contributed by atoms with Crippen LogP contribution in [0.1, 0.15) is 34.1 Å². The first-order chi connectivity index (χ1) is 13.5. The second kappa shape index (κ2) is 8.52. The molecule has 2 N–H and O–H groups in total. The zero-order valence-corrected chi connectivity index (χ0v) is 16.5. The van der Waals surface area contributed by atoms with Crippen molar-refractivity contribution in [2.45, 2.75) is 27.7 Å². The maximum absolute atomic E-state index is 11.8. The van der Waals surface area contributed by atoms with E-state index in [0.717, 1.165) is 22.6 Å². The van der Waals surface area contributed by atoms with E-state index in [1.165, 1.54) is 5.56 Å². The Hall–Kier alpha value is -3.41. The molecule has 0 saturated carbocycles. The Morgan fingerprint density at radius 3 is 2.46 bits per heavy atom. The van der Waals surface area contributed by atoms with Gasteiger partial charge in [0.15, 0.2) is 0 Å². The summed E-state index contributed by atoms with van der Waals surface area (Å²) in [7, 11) is 0. The lowest BCUT2D eigenvalue weighted by Gasteiger charge is -2.12. The van der Waals surface area contributed by atoms with Gasteiger partial charge >= 0.3 is 5.97 Å². The molecule has 0 saturated heterocycles. The van der Waals surface area contributed by atoms with Gasteiger partial charge in [0.2, 0.25) is 5.95 Å². The Bertz CT molecular complexity index is 984. The second-order valence-corrected chi connectivity index (χ2v) is 6.51. The molecule has 0 bridgehead atoms. The van der Waals surface area contributed by atoms with Crippen LogP contribution in [0.4, 0.5) is 23.1 Å². The minimum absolute atomic E-state index is 0.327. The van der Waals surface area contributed by atoms with E-state index < -0.39 is 0 Å². The summed E-state index contributed by atoms with van der Waals surface area (Å²) in [6.07, 6.45) is 0. The number of esters is 1. The van der Waals surface area contributed by atoms with Gasteiger partial charge in [-0.3, -0.25) is 0 Å². The number of hydrogen-bond donors (Lipinski definition) is 2. The lowest BCUT2D eigenvalue weighted by atomic mass is 10.1. The maximum atomic E-state index is 11.8. The molecule has 1 heterocycles. The molecule has 0 unspecified atom stereocenters. The minimum Gasteiger partial charge on any atom is -0.462 e. The summed E-state index contributed by atoms with van der Waals surface area (Å²) < 4.78 is 5.00. The Kier molecular flexibility index (Phi) is 5.89. The molecule has 6 heteroatoms. The number of carbonyl (C=O) groups excluding carboxylic acids is 1. The first-order valence-corrected chi connectivity index (χ1v) is 9.19. The number of nitrogens with one attached hydrogen (secondary N) is 2. The number of rotatable bonds is 6. The molecule has 0 spiro atoms. The van der Waals surface area contributed by atoms with Gasteiger partial charge in [0.05, 0.1) is 12.2 Å². The molecule has 0 atom stereocenters. The van der Waals surface area contributed by atoms with Crippen LogP contribution in [0.15, 0.2) is 48.5 Å². The first kappa shape index (κ1) is 19.4. The molecule has 0 aliphatic rings. The number of benzene rings is 2. The second-order valence-electron chi connectivity index (χ2n) is 6.51. The Balaban J connectivity index is 1.78. The smallest absolute Gasteiger partial charge is 0.338 e. The predicted octanol–water partition coefficient (Wildman–Crippen LogP) is 5.07. The highest BCUT2D eigenvalue weighted by atomic mass is 16.5. The third kappa shape index (κ3) is 4.65. The van der Waals surface area contributed by atoms with Crippen LogP contribution in [0.2, 0.25) is 0 Å². The van der Waals surface area contributed by atoms with Crippen LogP contribution in [-0.2, 0) is 4.74 Å². The molecule has 0 aliphatic heterocycles. The fourth-order valence-corrected chi connectivity index (χ4v) is 2.75. The number of hydrogen-bond acceptors (Lipinski definition) is 6. The van der Waals surface area contributed by atoms with Gasteiger partial charge in [-0.1, -0.05) is 12.1 Å². The highest BCUT2D eigenvalue weighted by Crippen LogP contribution is 2.23. The third-order valence-electron chi connectivity index (χ3n) is 4.37. The van der Waals surface area contributed by atoms with Gasteiger partial charge in [0.25, 0.3) is 0 Å². The Morgan fingerprint density at radius 2 is 1.75 bits per heavy atom. The zero-order chi connectivity index (χ0) is 20.1. The molecule has 0 radical (unpaired) electrons. The number of nitrogens with zero attached hydrogens (tertiary/aromatic N) is 2. The van der Waals surface area contributed by atoms with Gasteiger partial charge in [0, 0.05) is 23.1 Å². The van der Waals surface area contributed by atoms with Crippen molar-refractivity contribution in [1.29, 1.82) is 0 Å². The topological polar surface area (TPSA) is 76.1 Å². The van der Waals surface area contributed by atoms with Crippen LogP contribution in [-0.4, -0.2) is 22.5 Å². The van der Waals surface area contributed by atoms with Gasteiger partial charge in [-0.2, -0.15) is 4.98 Å². The van der Waals surface area contributed by atoms with Gasteiger partial charge in [-0.25, -0.2) is 9.78 Å². The average Bonchev–Trinajstić information content (AvgIpc) is 2.66. The summed E-state index contributed by atoms with van der Waals surface area (Å²) >= 11 is 0. The molecular weight excluding hydrogens is 352 g/mol. The fraction of sp³-hybridized carbons (Fsp3) is 0.227. The van der Waals surface area contributed by atoms with E-state index in [0.29, 0.717) is 23.9 Å². The van der Waals surface area contributed by atoms with Crippen LogP contribution < -0.4 is 10.6 Å². The molecule has 144 valence electrons. The minimum atomic E-state index is -0.327. The predicted molar refractivity (Wildman–Crippen MR) is 112 cm³/mol. The Labute approximate surface area is 165 Å². The molecular formula is C22H24N4O2. The highest BCUT2D eigenvalue weighted by Gasteiger charge is 2.08. The van der Waals surface area contributed by atoms with Crippen LogP contribution in [0.3, 0.4) is 0 Å². The van der Waals surface area contributed by atoms with Crippen molar-refractivity contribution in [3.8, 4) is 0 Å². The number of ether oxygens (including phenoxy) is 1. The molecule has 28 heavy (non-hydrogen) atoms. The largest absolute Gasteiger partial charge is 0.462 e. The van der Waals surface area contributed by atoms with Crippen molar-refractivity contribution in [3.05, 3.63) is 70.9 Å². The summed E-state index contributed by atoms with van der Waals surface area (Å²) in [4.78, 5) is 20.8. The monoisotopic (exact) mass is 376 g/mol. The molecule has 3 aromatic rings. The van der Waals surface area contributed by atoms with Crippen molar-refractivity contribution < 1.29 is 9.53 Å². The molecule has 6 nitrogen and oxygen atoms in total. The number of anilines is 4. The number of aryl methyl sites for hydroxylation is 2. The van der Waals surface area contributed by atoms with Crippen LogP contribution in [0.25, 0.3) is 0 Å². The summed E-state index contributed by atoms with van der Waals surface area (Å²) in [6, 6.07) is 15.0. The molecule has 1 aromatic heterocycles. The van der Waals surface area contributed by atoms with Gasteiger partial charge in [0.1, 0.15) is 5.82 Å². The lowest BCUT2D eigenvalue weighted by molar-refractivity contribution is 0.0526. The van der Waals surface area contributed by atoms with E-state index in [1.807, 2.05) is 37.3 Å². The third-order valence-corrected chi connectivity index (χ3v) is 4.37. The van der Waals surface area contributed by atoms with Crippen molar-refractivity contribution in [3.63, 3.8) is 0 Å². The molecule has 0 amide bonds. The summed E-state index contributed by atoms with van der Waals surface area (Å²) in [5, 5.41) is 6.55. The van der Waals surface area contributed by atoms with Crippen molar-refractivity contribution in [2.75, 3.05) is 17.2 Å². The SMILES string of the molecule is CCOC(=O)c1ccc(Nc2cc(C)nc(Nc3cccc(C)c3C)n2)cc1. The quantitative estimate of drug-likeness (QED) is 0.585. The lowest BCUT2D eigenvalue weighted by Crippen LogP contribution is -2.05. The van der Waals surface area contributed by atoms with Crippen molar-refractivity contribution >= 4 is 29.1 Å². The Morgan fingerprint density at radius 1 is 1.00 bits per heavy atom. The van der Waals surface area contributed by atoms with Crippen molar-refractivity contribution in [2.24, 2.45) is 0 Å². The normalized spacial score (nSPS) is 10.4. The van der Waals surface area contributed by atoms with Crippen LogP contribution >= 0.6 is 0 Å². The van der Waals surface area contributed by atoms with E-state index >= 15 is 0 Å². The van der Waals surface area contributed by atoms with E-state index in [-0.39, 0.29) is 5.97 Å². The summed E-state index contributed by atoms with van der Waals surface area (Å²) in [5.74, 6) is 0.871. The van der Waals surface area contributed by atoms with Gasteiger partial charge in [-0.05, 0) is 69.2 Å². The van der Waals surface area contributed by atoms with E-state index in [4.69, 9.17) is 4.74 Å². The average molecular weight is 376 g/mol. The first-order valence-electron chi connectivity index (χ1n) is 9.19. The van der Waals surface area contributed by atoms with Crippen molar-refractivity contribution in [1.82, 2.24) is 9.97 Å². The van der Waals surface area contributed by atoms with E-state index in [2.05, 4.69) is 40.5 Å². The molecule has 2 aromatic carbocycles. The maximum Gasteiger partial charge on any atom is 0.338 e. The van der Waals surface area contributed by atoms with Crippen LogP contribution in [0.5, 0.6) is 0 Å². The van der Waals surface area contributed by atoms with Gasteiger partial charge < -0.3 is 15.4 Å². The zero-order valence-electron chi connectivity index (χ0n) is 16.5. The molecule has 0 aliphatic carbocycles.